The number of carbonyl (C=O) groups excluding carboxylic acids is 2. The normalized spacial score (nSPS) is 17.6. The number of carbonyl (C=O) groups is 2. The van der Waals surface area contributed by atoms with Gasteiger partial charge in [-0.2, -0.15) is 26.3 Å². The van der Waals surface area contributed by atoms with Crippen molar-refractivity contribution in [2.45, 2.75) is 88.5 Å². The molecule has 1 aliphatic carbocycles. The zero-order valence-corrected chi connectivity index (χ0v) is 22.8. The maximum absolute atomic E-state index is 14.1. The van der Waals surface area contributed by atoms with Crippen molar-refractivity contribution in [1.82, 2.24) is 20.4 Å². The van der Waals surface area contributed by atoms with Crippen LogP contribution in [0.5, 0.6) is 0 Å². The second-order valence-electron chi connectivity index (χ2n) is 10.8. The van der Waals surface area contributed by atoms with Gasteiger partial charge in [-0.3, -0.25) is 9.59 Å². The number of nitrogens with two attached hydrogens (primary N) is 1. The molecular weight excluding hydrogens is 594 g/mol. The van der Waals surface area contributed by atoms with Crippen molar-refractivity contribution in [3.63, 3.8) is 0 Å². The van der Waals surface area contributed by atoms with Crippen LogP contribution >= 0.6 is 0 Å². The SMILES string of the molecule is C[C@@H](NC(=O)CCC(F)(F)F)c1ccc2nc([C@H](c3c(CCC(F)(F)F)noc3C(N)=O)C3CCC(F)(F)CC3)[nH]c2c1. The fourth-order valence-electron chi connectivity index (χ4n) is 5.38. The highest BCUT2D eigenvalue weighted by Gasteiger charge is 2.43. The molecule has 236 valence electrons. The second-order valence-corrected chi connectivity index (χ2v) is 10.8. The lowest BCUT2D eigenvalue weighted by Crippen LogP contribution is -2.30. The minimum atomic E-state index is -4.56. The van der Waals surface area contributed by atoms with Crippen molar-refractivity contribution in [3.05, 3.63) is 46.6 Å². The number of aryl methyl sites for hydroxylation is 1. The van der Waals surface area contributed by atoms with Crippen molar-refractivity contribution in [2.24, 2.45) is 11.7 Å². The minimum Gasteiger partial charge on any atom is -0.363 e. The molecule has 1 fully saturated rings. The summed E-state index contributed by atoms with van der Waals surface area (Å²) in [5.74, 6) is -6.75. The molecule has 3 aromatic rings. The van der Waals surface area contributed by atoms with Gasteiger partial charge >= 0.3 is 12.4 Å². The quantitative estimate of drug-likeness (QED) is 0.219. The number of rotatable bonds is 10. The summed E-state index contributed by atoms with van der Waals surface area (Å²) < 4.78 is 110. The van der Waals surface area contributed by atoms with E-state index in [1.807, 2.05) is 0 Å². The molecule has 0 bridgehead atoms. The highest BCUT2D eigenvalue weighted by Crippen LogP contribution is 2.46. The number of imidazole rings is 1. The van der Waals surface area contributed by atoms with Gasteiger partial charge in [0.15, 0.2) is 0 Å². The summed E-state index contributed by atoms with van der Waals surface area (Å²) in [5.41, 5.74) is 6.50. The third-order valence-corrected chi connectivity index (χ3v) is 7.55. The maximum atomic E-state index is 14.1. The molecule has 0 radical (unpaired) electrons. The van der Waals surface area contributed by atoms with Crippen LogP contribution in [0.25, 0.3) is 11.0 Å². The van der Waals surface area contributed by atoms with E-state index in [-0.39, 0.29) is 29.9 Å². The maximum Gasteiger partial charge on any atom is 0.389 e. The number of halogens is 8. The van der Waals surface area contributed by atoms with Gasteiger partial charge in [0.05, 0.1) is 35.1 Å². The van der Waals surface area contributed by atoms with Gasteiger partial charge in [0.1, 0.15) is 5.82 Å². The van der Waals surface area contributed by atoms with E-state index in [1.54, 1.807) is 25.1 Å². The molecule has 2 amide bonds. The molecule has 0 spiro atoms. The number of amides is 2. The first-order valence-corrected chi connectivity index (χ1v) is 13.5. The second kappa shape index (κ2) is 12.1. The molecule has 1 saturated carbocycles. The molecule has 43 heavy (non-hydrogen) atoms. The minimum absolute atomic E-state index is 0.0386. The van der Waals surface area contributed by atoms with Gasteiger partial charge in [-0.05, 0) is 43.4 Å². The molecule has 4 N–H and O–H groups in total. The summed E-state index contributed by atoms with van der Waals surface area (Å²) in [6.45, 7) is 1.57. The lowest BCUT2D eigenvalue weighted by atomic mass is 9.74. The van der Waals surface area contributed by atoms with Crippen LogP contribution < -0.4 is 11.1 Å². The zero-order chi connectivity index (χ0) is 31.7. The van der Waals surface area contributed by atoms with Crippen LogP contribution in [0, 0.1) is 5.92 Å². The van der Waals surface area contributed by atoms with Crippen LogP contribution in [0.15, 0.2) is 22.7 Å². The number of primary amides is 1. The molecule has 1 aromatic carbocycles. The Hall–Kier alpha value is -3.72. The third kappa shape index (κ3) is 8.22. The Kier molecular flexibility index (Phi) is 9.07. The van der Waals surface area contributed by atoms with Gasteiger partial charge < -0.3 is 20.6 Å². The third-order valence-electron chi connectivity index (χ3n) is 7.55. The Bertz CT molecular complexity index is 1450. The number of H-pyrrole nitrogens is 1. The van der Waals surface area contributed by atoms with Crippen LogP contribution in [0.4, 0.5) is 35.1 Å². The predicted molar refractivity (Wildman–Crippen MR) is 136 cm³/mol. The molecule has 8 nitrogen and oxygen atoms in total. The van der Waals surface area contributed by atoms with Gasteiger partial charge in [0, 0.05) is 37.7 Å². The van der Waals surface area contributed by atoms with Crippen LogP contribution in [0.3, 0.4) is 0 Å². The first-order chi connectivity index (χ1) is 19.9. The molecular formula is C27H29F8N5O3. The fraction of sp³-hybridized carbons (Fsp3) is 0.556. The summed E-state index contributed by atoms with van der Waals surface area (Å²) in [6.07, 6.45) is -14.0. The van der Waals surface area contributed by atoms with Crippen LogP contribution in [-0.2, 0) is 11.2 Å². The van der Waals surface area contributed by atoms with Gasteiger partial charge in [0.2, 0.25) is 17.6 Å². The Morgan fingerprint density at radius 2 is 1.77 bits per heavy atom. The van der Waals surface area contributed by atoms with E-state index >= 15 is 0 Å². The van der Waals surface area contributed by atoms with Crippen molar-refractivity contribution in [2.75, 3.05) is 0 Å². The average Bonchev–Trinajstić information content (AvgIpc) is 3.50. The van der Waals surface area contributed by atoms with Gasteiger partial charge in [-0.25, -0.2) is 13.8 Å². The van der Waals surface area contributed by atoms with Crippen molar-refractivity contribution >= 4 is 22.8 Å². The fourth-order valence-corrected chi connectivity index (χ4v) is 5.38. The Morgan fingerprint density at radius 1 is 1.12 bits per heavy atom. The number of aromatic nitrogens is 3. The topological polar surface area (TPSA) is 127 Å². The average molecular weight is 624 g/mol. The van der Waals surface area contributed by atoms with Crippen molar-refractivity contribution in [3.8, 4) is 0 Å². The van der Waals surface area contributed by atoms with E-state index in [0.717, 1.165) is 0 Å². The van der Waals surface area contributed by atoms with E-state index in [4.69, 9.17) is 10.3 Å². The molecule has 16 heteroatoms. The number of fused-ring (bicyclic) bond motifs is 1. The number of nitrogens with zero attached hydrogens (tertiary/aromatic N) is 2. The van der Waals surface area contributed by atoms with Crippen molar-refractivity contribution < 1.29 is 49.2 Å². The summed E-state index contributed by atoms with van der Waals surface area (Å²) >= 11 is 0. The zero-order valence-electron chi connectivity index (χ0n) is 22.8. The van der Waals surface area contributed by atoms with E-state index in [9.17, 15) is 44.7 Å². The molecule has 4 rings (SSSR count). The van der Waals surface area contributed by atoms with Gasteiger partial charge in [-0.15, -0.1) is 0 Å². The Labute approximate surface area is 239 Å². The van der Waals surface area contributed by atoms with Crippen LogP contribution in [0.2, 0.25) is 0 Å². The lowest BCUT2D eigenvalue weighted by Gasteiger charge is -2.33. The first-order valence-electron chi connectivity index (χ1n) is 13.5. The van der Waals surface area contributed by atoms with E-state index in [2.05, 4.69) is 20.4 Å². The predicted octanol–water partition coefficient (Wildman–Crippen LogP) is 6.62. The standard InChI is InChI=1S/C27H29F8N5O3/c1-13(37-19(41)7-11-27(33,34)35)15-2-3-16-18(12-15)39-24(38-16)20(14-4-8-25(28,29)9-5-14)21-17(6-10-26(30,31)32)40-43-22(21)23(36)42/h2-3,12-14,20H,4-11H2,1H3,(H2,36,42)(H,37,41)(H,38,39)/t13-,20+/m1/s1. The summed E-state index contributed by atoms with van der Waals surface area (Å²) in [5, 5.41) is 6.17. The number of hydrogen-bond donors (Lipinski definition) is 3. The Morgan fingerprint density at radius 3 is 2.37 bits per heavy atom. The van der Waals surface area contributed by atoms with E-state index < -0.39 is 92.3 Å². The molecule has 2 heterocycles. The smallest absolute Gasteiger partial charge is 0.363 e. The van der Waals surface area contributed by atoms with Gasteiger partial charge in [0.25, 0.3) is 5.91 Å². The molecule has 0 saturated heterocycles. The van der Waals surface area contributed by atoms with Crippen molar-refractivity contribution in [1.29, 1.82) is 0 Å². The number of benzene rings is 1. The largest absolute Gasteiger partial charge is 0.389 e. The molecule has 2 aromatic heterocycles. The Balaban J connectivity index is 1.70. The molecule has 0 unspecified atom stereocenters. The highest BCUT2D eigenvalue weighted by molar-refractivity contribution is 5.92. The van der Waals surface area contributed by atoms with Crippen LogP contribution in [0.1, 0.15) is 97.0 Å². The first kappa shape index (κ1) is 32.2. The summed E-state index contributed by atoms with van der Waals surface area (Å²) in [7, 11) is 0. The number of aromatic amines is 1. The monoisotopic (exact) mass is 623 g/mol. The highest BCUT2D eigenvalue weighted by atomic mass is 19.4. The van der Waals surface area contributed by atoms with Gasteiger partial charge in [-0.1, -0.05) is 11.2 Å². The van der Waals surface area contributed by atoms with E-state index in [0.29, 0.717) is 16.6 Å². The number of hydrogen-bond acceptors (Lipinski definition) is 5. The number of nitrogens with one attached hydrogen (secondary N) is 2. The van der Waals surface area contributed by atoms with E-state index in [1.165, 1.54) is 0 Å². The summed E-state index contributed by atoms with van der Waals surface area (Å²) in [6, 6.07) is 4.03. The molecule has 2 atom stereocenters. The number of alkyl halides is 8. The summed E-state index contributed by atoms with van der Waals surface area (Å²) in [4.78, 5) is 31.9. The lowest BCUT2D eigenvalue weighted by molar-refractivity contribution is -0.144. The molecule has 1 aliphatic rings. The molecule has 0 aliphatic heterocycles. The van der Waals surface area contributed by atoms with Crippen LogP contribution in [-0.4, -0.2) is 45.2 Å².